The predicted molar refractivity (Wildman–Crippen MR) is 78.8 cm³/mol. The molecule has 0 bridgehead atoms. The van der Waals surface area contributed by atoms with Crippen LogP contribution in [-0.4, -0.2) is 17.6 Å². The molecule has 3 nitrogen and oxygen atoms in total. The lowest BCUT2D eigenvalue weighted by atomic mass is 9.83. The average Bonchev–Trinajstić information content (AvgIpc) is 2.33. The van der Waals surface area contributed by atoms with Crippen molar-refractivity contribution in [2.45, 2.75) is 26.2 Å². The van der Waals surface area contributed by atoms with Gasteiger partial charge >= 0.3 is 5.97 Å². The van der Waals surface area contributed by atoms with Crippen molar-refractivity contribution in [3.8, 4) is 0 Å². The fourth-order valence-electron chi connectivity index (χ4n) is 2.12. The van der Waals surface area contributed by atoms with E-state index in [2.05, 4.69) is 0 Å². The second kappa shape index (κ2) is 7.13. The molecule has 0 aliphatic rings. The van der Waals surface area contributed by atoms with Crippen molar-refractivity contribution < 1.29 is 9.90 Å². The summed E-state index contributed by atoms with van der Waals surface area (Å²) in [6, 6.07) is 5.42. The second-order valence-corrected chi connectivity index (χ2v) is 5.85. The molecule has 0 radical (unpaired) electrons. The van der Waals surface area contributed by atoms with E-state index in [9.17, 15) is 4.79 Å². The topological polar surface area (TPSA) is 63.3 Å². The van der Waals surface area contributed by atoms with Crippen LogP contribution in [0.25, 0.3) is 0 Å². The third-order valence-electron chi connectivity index (χ3n) is 3.55. The highest BCUT2D eigenvalue weighted by atomic mass is 35.5. The van der Waals surface area contributed by atoms with Crippen LogP contribution >= 0.6 is 23.2 Å². The van der Waals surface area contributed by atoms with Crippen molar-refractivity contribution in [3.63, 3.8) is 0 Å². The summed E-state index contributed by atoms with van der Waals surface area (Å²) in [6.07, 6.45) is 0.539. The lowest BCUT2D eigenvalue weighted by Crippen LogP contribution is -2.26. The number of benzene rings is 1. The SMILES string of the molecule is CC(CC(CN)C(=O)O)C(C)c1cc(Cl)cc(Cl)c1. The summed E-state index contributed by atoms with van der Waals surface area (Å²) >= 11 is 12.0. The van der Waals surface area contributed by atoms with E-state index in [4.69, 9.17) is 34.0 Å². The molecule has 0 saturated heterocycles. The van der Waals surface area contributed by atoms with E-state index >= 15 is 0 Å². The van der Waals surface area contributed by atoms with Gasteiger partial charge in [0.15, 0.2) is 0 Å². The third kappa shape index (κ3) is 4.68. The van der Waals surface area contributed by atoms with Crippen LogP contribution in [0.1, 0.15) is 31.7 Å². The number of carboxylic acids is 1. The maximum absolute atomic E-state index is 11.0. The zero-order valence-corrected chi connectivity index (χ0v) is 12.6. The first-order valence-electron chi connectivity index (χ1n) is 6.24. The Kier molecular flexibility index (Phi) is 6.11. The largest absolute Gasteiger partial charge is 0.481 e. The Morgan fingerprint density at radius 1 is 1.26 bits per heavy atom. The van der Waals surface area contributed by atoms with Crippen LogP contribution < -0.4 is 5.73 Å². The summed E-state index contributed by atoms with van der Waals surface area (Å²) in [4.78, 5) is 11.0. The zero-order chi connectivity index (χ0) is 14.6. The van der Waals surface area contributed by atoms with Crippen LogP contribution in [0.15, 0.2) is 18.2 Å². The number of aliphatic carboxylic acids is 1. The first kappa shape index (κ1) is 16.3. The normalized spacial score (nSPS) is 15.8. The monoisotopic (exact) mass is 303 g/mol. The van der Waals surface area contributed by atoms with Gasteiger partial charge in [0.25, 0.3) is 0 Å². The molecule has 0 aliphatic heterocycles. The highest BCUT2D eigenvalue weighted by molar-refractivity contribution is 6.34. The molecule has 0 amide bonds. The van der Waals surface area contributed by atoms with Crippen molar-refractivity contribution in [2.75, 3.05) is 6.54 Å². The molecule has 1 rings (SSSR count). The highest BCUT2D eigenvalue weighted by Crippen LogP contribution is 2.32. The quantitative estimate of drug-likeness (QED) is 0.840. The van der Waals surface area contributed by atoms with Crippen LogP contribution in [0.2, 0.25) is 10.0 Å². The van der Waals surface area contributed by atoms with Crippen LogP contribution in [0.3, 0.4) is 0 Å². The van der Waals surface area contributed by atoms with Gasteiger partial charge in [-0.25, -0.2) is 0 Å². The van der Waals surface area contributed by atoms with E-state index in [-0.39, 0.29) is 18.4 Å². The minimum atomic E-state index is -0.842. The van der Waals surface area contributed by atoms with Crippen molar-refractivity contribution >= 4 is 29.2 Å². The zero-order valence-electron chi connectivity index (χ0n) is 11.1. The molecule has 3 atom stereocenters. The van der Waals surface area contributed by atoms with E-state index in [0.29, 0.717) is 16.5 Å². The molecule has 0 aliphatic carbocycles. The third-order valence-corrected chi connectivity index (χ3v) is 3.99. The Labute approximate surface area is 123 Å². The molecule has 0 heterocycles. The molecule has 1 aromatic rings. The fourth-order valence-corrected chi connectivity index (χ4v) is 2.66. The number of hydrogen-bond acceptors (Lipinski definition) is 2. The summed E-state index contributed by atoms with van der Waals surface area (Å²) in [6.45, 7) is 4.22. The Hall–Kier alpha value is -0.770. The van der Waals surface area contributed by atoms with Gasteiger partial charge in [-0.05, 0) is 42.0 Å². The Bertz CT molecular complexity index is 431. The molecule has 1 aromatic carbocycles. The number of nitrogens with two attached hydrogens (primary N) is 1. The van der Waals surface area contributed by atoms with E-state index in [1.54, 1.807) is 6.07 Å². The molecule has 3 N–H and O–H groups in total. The summed E-state index contributed by atoms with van der Waals surface area (Å²) in [5.41, 5.74) is 6.51. The van der Waals surface area contributed by atoms with Crippen LogP contribution in [0.5, 0.6) is 0 Å². The van der Waals surface area contributed by atoms with Crippen LogP contribution in [0.4, 0.5) is 0 Å². The van der Waals surface area contributed by atoms with Crippen LogP contribution in [0, 0.1) is 11.8 Å². The van der Waals surface area contributed by atoms with Gasteiger partial charge in [0.1, 0.15) is 0 Å². The van der Waals surface area contributed by atoms with Gasteiger partial charge in [0, 0.05) is 16.6 Å². The molecular formula is C14H19Cl2NO2. The molecule has 3 unspecified atom stereocenters. The molecule has 0 aromatic heterocycles. The average molecular weight is 304 g/mol. The van der Waals surface area contributed by atoms with E-state index in [0.717, 1.165) is 5.56 Å². The number of hydrogen-bond donors (Lipinski definition) is 2. The molecule has 5 heteroatoms. The lowest BCUT2D eigenvalue weighted by molar-refractivity contribution is -0.142. The van der Waals surface area contributed by atoms with Crippen molar-refractivity contribution in [3.05, 3.63) is 33.8 Å². The smallest absolute Gasteiger partial charge is 0.307 e. The molecule has 0 saturated carbocycles. The van der Waals surface area contributed by atoms with Gasteiger partial charge in [-0.1, -0.05) is 37.0 Å². The molecular weight excluding hydrogens is 285 g/mol. The van der Waals surface area contributed by atoms with E-state index in [1.807, 2.05) is 26.0 Å². The molecule has 0 fully saturated rings. The van der Waals surface area contributed by atoms with Crippen molar-refractivity contribution in [2.24, 2.45) is 17.6 Å². The number of carbonyl (C=O) groups is 1. The number of rotatable bonds is 6. The summed E-state index contributed by atoms with van der Waals surface area (Å²) < 4.78 is 0. The van der Waals surface area contributed by atoms with E-state index < -0.39 is 11.9 Å². The number of carboxylic acid groups (broad SMARTS) is 1. The lowest BCUT2D eigenvalue weighted by Gasteiger charge is -2.23. The predicted octanol–water partition coefficient (Wildman–Crippen LogP) is 3.78. The minimum absolute atomic E-state index is 0.155. The van der Waals surface area contributed by atoms with Gasteiger partial charge in [-0.2, -0.15) is 0 Å². The highest BCUT2D eigenvalue weighted by Gasteiger charge is 2.23. The van der Waals surface area contributed by atoms with Gasteiger partial charge in [-0.3, -0.25) is 4.79 Å². The summed E-state index contributed by atoms with van der Waals surface area (Å²) in [7, 11) is 0. The molecule has 0 spiro atoms. The first-order valence-corrected chi connectivity index (χ1v) is 6.99. The van der Waals surface area contributed by atoms with Crippen LogP contribution in [-0.2, 0) is 4.79 Å². The second-order valence-electron chi connectivity index (χ2n) is 4.98. The van der Waals surface area contributed by atoms with E-state index in [1.165, 1.54) is 0 Å². The Balaban J connectivity index is 2.81. The number of halogens is 2. The standard InChI is InChI=1S/C14H19Cl2NO2/c1-8(3-11(7-17)14(18)19)9(2)10-4-12(15)6-13(16)5-10/h4-6,8-9,11H,3,7,17H2,1-2H3,(H,18,19). The van der Waals surface area contributed by atoms with Gasteiger partial charge in [0.2, 0.25) is 0 Å². The first-order chi connectivity index (χ1) is 8.85. The molecule has 106 valence electrons. The molecule has 19 heavy (non-hydrogen) atoms. The van der Waals surface area contributed by atoms with Crippen molar-refractivity contribution in [1.29, 1.82) is 0 Å². The van der Waals surface area contributed by atoms with Gasteiger partial charge in [-0.15, -0.1) is 0 Å². The Morgan fingerprint density at radius 2 is 1.79 bits per heavy atom. The maximum atomic E-state index is 11.0. The fraction of sp³-hybridized carbons (Fsp3) is 0.500. The van der Waals surface area contributed by atoms with Gasteiger partial charge < -0.3 is 10.8 Å². The summed E-state index contributed by atoms with van der Waals surface area (Å²) in [5, 5.41) is 10.2. The maximum Gasteiger partial charge on any atom is 0.307 e. The van der Waals surface area contributed by atoms with Gasteiger partial charge in [0.05, 0.1) is 5.92 Å². The van der Waals surface area contributed by atoms with Crippen molar-refractivity contribution in [1.82, 2.24) is 0 Å². The summed E-state index contributed by atoms with van der Waals surface area (Å²) in [5.74, 6) is -0.999. The minimum Gasteiger partial charge on any atom is -0.481 e. The Morgan fingerprint density at radius 3 is 2.21 bits per heavy atom.